The highest BCUT2D eigenvalue weighted by atomic mass is 16.2. The Morgan fingerprint density at radius 2 is 2.00 bits per heavy atom. The van der Waals surface area contributed by atoms with Gasteiger partial charge in [-0.25, -0.2) is 0 Å². The zero-order valence-corrected chi connectivity index (χ0v) is 12.3. The number of rotatable bonds is 5. The van der Waals surface area contributed by atoms with Crippen LogP contribution < -0.4 is 5.32 Å². The third-order valence-electron chi connectivity index (χ3n) is 4.55. The summed E-state index contributed by atoms with van der Waals surface area (Å²) in [7, 11) is 0. The zero-order chi connectivity index (χ0) is 14.7. The van der Waals surface area contributed by atoms with E-state index in [4.69, 9.17) is 0 Å². The third kappa shape index (κ3) is 3.43. The van der Waals surface area contributed by atoms with Crippen LogP contribution in [0.5, 0.6) is 0 Å². The molecule has 4 nitrogen and oxygen atoms in total. The fourth-order valence-corrected chi connectivity index (χ4v) is 2.98. The van der Waals surface area contributed by atoms with Gasteiger partial charge in [0, 0.05) is 25.4 Å². The van der Waals surface area contributed by atoms with Gasteiger partial charge >= 0.3 is 0 Å². The highest BCUT2D eigenvalue weighted by Crippen LogP contribution is 2.26. The second-order valence-corrected chi connectivity index (χ2v) is 6.11. The summed E-state index contributed by atoms with van der Waals surface area (Å²) in [6, 6.07) is 10.2. The van der Waals surface area contributed by atoms with E-state index in [1.54, 1.807) is 0 Å². The molecule has 4 heteroatoms. The molecule has 1 atom stereocenters. The maximum Gasteiger partial charge on any atom is 0.224 e. The first-order valence-corrected chi connectivity index (χ1v) is 7.84. The number of hydrogen-bond donors (Lipinski definition) is 1. The third-order valence-corrected chi connectivity index (χ3v) is 4.55. The fraction of sp³-hybridized carbons (Fsp3) is 0.529. The second-order valence-electron chi connectivity index (χ2n) is 6.11. The number of hydrogen-bond acceptors (Lipinski definition) is 2. The van der Waals surface area contributed by atoms with E-state index in [0.29, 0.717) is 13.0 Å². The lowest BCUT2D eigenvalue weighted by atomic mass is 9.84. The number of carbonyl (C=O) groups is 2. The molecule has 21 heavy (non-hydrogen) atoms. The molecule has 0 radical (unpaired) electrons. The van der Waals surface area contributed by atoms with Gasteiger partial charge in [0.15, 0.2) is 0 Å². The summed E-state index contributed by atoms with van der Waals surface area (Å²) in [6.07, 6.45) is 4.49. The summed E-state index contributed by atoms with van der Waals surface area (Å²) >= 11 is 0. The maximum atomic E-state index is 12.0. The average molecular weight is 286 g/mol. The molecular formula is C17H22N2O2. The van der Waals surface area contributed by atoms with Crippen molar-refractivity contribution in [3.05, 3.63) is 35.9 Å². The number of nitrogens with zero attached hydrogens (tertiary/aromatic N) is 1. The van der Waals surface area contributed by atoms with Crippen molar-refractivity contribution in [2.24, 2.45) is 5.92 Å². The SMILES string of the molecule is O=C(N[C@H]1CC(=O)N(CCc2ccccc2)C1)C1CCC1. The number of amides is 2. The molecule has 2 fully saturated rings. The molecule has 0 unspecified atom stereocenters. The van der Waals surface area contributed by atoms with Crippen LogP contribution in [0.15, 0.2) is 30.3 Å². The molecule has 0 spiro atoms. The second kappa shape index (κ2) is 6.29. The quantitative estimate of drug-likeness (QED) is 0.896. The largest absolute Gasteiger partial charge is 0.351 e. The van der Waals surface area contributed by atoms with Gasteiger partial charge in [0.2, 0.25) is 11.8 Å². The molecule has 3 rings (SSSR count). The summed E-state index contributed by atoms with van der Waals surface area (Å²) in [5.41, 5.74) is 1.24. The first kappa shape index (κ1) is 14.1. The van der Waals surface area contributed by atoms with Gasteiger partial charge in [-0.3, -0.25) is 9.59 Å². The van der Waals surface area contributed by atoms with Gasteiger partial charge in [-0.1, -0.05) is 36.8 Å². The minimum absolute atomic E-state index is 0.00127. The van der Waals surface area contributed by atoms with Gasteiger partial charge in [-0.05, 0) is 24.8 Å². The minimum atomic E-state index is 0.00127. The predicted octanol–water partition coefficient (Wildman–Crippen LogP) is 1.75. The summed E-state index contributed by atoms with van der Waals surface area (Å²) in [5.74, 6) is 0.493. The molecule has 1 aromatic carbocycles. The molecule has 1 aliphatic carbocycles. The van der Waals surface area contributed by atoms with Crippen LogP contribution in [-0.4, -0.2) is 35.8 Å². The van der Waals surface area contributed by atoms with Gasteiger partial charge in [-0.2, -0.15) is 0 Å². The maximum absolute atomic E-state index is 12.0. The first-order chi connectivity index (χ1) is 10.2. The Morgan fingerprint density at radius 3 is 2.67 bits per heavy atom. The van der Waals surface area contributed by atoms with Crippen LogP contribution in [0.2, 0.25) is 0 Å². The number of likely N-dealkylation sites (tertiary alicyclic amines) is 1. The first-order valence-electron chi connectivity index (χ1n) is 7.84. The highest BCUT2D eigenvalue weighted by Gasteiger charge is 2.33. The van der Waals surface area contributed by atoms with Crippen LogP contribution >= 0.6 is 0 Å². The molecule has 1 aliphatic heterocycles. The minimum Gasteiger partial charge on any atom is -0.351 e. The van der Waals surface area contributed by atoms with E-state index in [1.807, 2.05) is 23.1 Å². The van der Waals surface area contributed by atoms with Crippen molar-refractivity contribution < 1.29 is 9.59 Å². The predicted molar refractivity (Wildman–Crippen MR) is 80.6 cm³/mol. The molecule has 0 bridgehead atoms. The van der Waals surface area contributed by atoms with Gasteiger partial charge in [0.1, 0.15) is 0 Å². The Hall–Kier alpha value is -1.84. The van der Waals surface area contributed by atoms with Crippen molar-refractivity contribution in [2.75, 3.05) is 13.1 Å². The smallest absolute Gasteiger partial charge is 0.224 e. The standard InChI is InChI=1S/C17H22N2O2/c20-16-11-15(18-17(21)14-7-4-8-14)12-19(16)10-9-13-5-2-1-3-6-13/h1-3,5-6,14-15H,4,7-12H2,(H,18,21)/t15-/m0/s1. The summed E-state index contributed by atoms with van der Waals surface area (Å²) < 4.78 is 0. The van der Waals surface area contributed by atoms with Gasteiger partial charge < -0.3 is 10.2 Å². The van der Waals surface area contributed by atoms with E-state index in [9.17, 15) is 9.59 Å². The Morgan fingerprint density at radius 1 is 1.24 bits per heavy atom. The Kier molecular flexibility index (Phi) is 4.23. The van der Waals surface area contributed by atoms with E-state index in [0.717, 1.165) is 32.2 Å². The van der Waals surface area contributed by atoms with Crippen molar-refractivity contribution in [1.82, 2.24) is 10.2 Å². The Bertz CT molecular complexity index is 511. The Labute approximate surface area is 125 Å². The van der Waals surface area contributed by atoms with E-state index in [-0.39, 0.29) is 23.8 Å². The summed E-state index contributed by atoms with van der Waals surface area (Å²) in [5, 5.41) is 3.04. The van der Waals surface area contributed by atoms with E-state index in [1.165, 1.54) is 5.56 Å². The normalized spacial score (nSPS) is 22.2. The molecule has 1 heterocycles. The van der Waals surface area contributed by atoms with Gasteiger partial charge in [0.05, 0.1) is 6.04 Å². The van der Waals surface area contributed by atoms with E-state index >= 15 is 0 Å². The van der Waals surface area contributed by atoms with Crippen LogP contribution in [0.3, 0.4) is 0 Å². The number of carbonyl (C=O) groups excluding carboxylic acids is 2. The van der Waals surface area contributed by atoms with E-state index in [2.05, 4.69) is 17.4 Å². The van der Waals surface area contributed by atoms with Crippen molar-refractivity contribution in [3.8, 4) is 0 Å². The van der Waals surface area contributed by atoms with Crippen LogP contribution in [0.25, 0.3) is 0 Å². The van der Waals surface area contributed by atoms with Crippen LogP contribution in [0.4, 0.5) is 0 Å². The summed E-state index contributed by atoms with van der Waals surface area (Å²) in [4.78, 5) is 25.8. The highest BCUT2D eigenvalue weighted by molar-refractivity contribution is 5.83. The summed E-state index contributed by atoms with van der Waals surface area (Å²) in [6.45, 7) is 1.39. The lowest BCUT2D eigenvalue weighted by Crippen LogP contribution is -2.42. The molecule has 2 amide bonds. The molecular weight excluding hydrogens is 264 g/mol. The molecule has 2 aliphatic rings. The van der Waals surface area contributed by atoms with Crippen molar-refractivity contribution in [2.45, 2.75) is 38.1 Å². The zero-order valence-electron chi connectivity index (χ0n) is 12.3. The Balaban J connectivity index is 1.47. The topological polar surface area (TPSA) is 49.4 Å². The van der Waals surface area contributed by atoms with Crippen molar-refractivity contribution >= 4 is 11.8 Å². The average Bonchev–Trinajstić information content (AvgIpc) is 2.75. The molecule has 1 saturated heterocycles. The molecule has 1 saturated carbocycles. The monoisotopic (exact) mass is 286 g/mol. The van der Waals surface area contributed by atoms with Crippen LogP contribution in [0, 0.1) is 5.92 Å². The number of benzene rings is 1. The van der Waals surface area contributed by atoms with Crippen LogP contribution in [0.1, 0.15) is 31.2 Å². The van der Waals surface area contributed by atoms with E-state index < -0.39 is 0 Å². The molecule has 1 aromatic rings. The lowest BCUT2D eigenvalue weighted by molar-refractivity contribution is -0.128. The molecule has 1 N–H and O–H groups in total. The molecule has 0 aromatic heterocycles. The van der Waals surface area contributed by atoms with Gasteiger partial charge in [-0.15, -0.1) is 0 Å². The number of nitrogens with one attached hydrogen (secondary N) is 1. The van der Waals surface area contributed by atoms with Crippen molar-refractivity contribution in [3.63, 3.8) is 0 Å². The lowest BCUT2D eigenvalue weighted by Gasteiger charge is -2.26. The van der Waals surface area contributed by atoms with Crippen molar-refractivity contribution in [1.29, 1.82) is 0 Å². The van der Waals surface area contributed by atoms with Crippen LogP contribution in [-0.2, 0) is 16.0 Å². The van der Waals surface area contributed by atoms with Gasteiger partial charge in [0.25, 0.3) is 0 Å². The fourth-order valence-electron chi connectivity index (χ4n) is 2.98. The molecule has 112 valence electrons.